The van der Waals surface area contributed by atoms with Gasteiger partial charge >= 0.3 is 0 Å². The van der Waals surface area contributed by atoms with Crippen LogP contribution < -0.4 is 10.6 Å². The maximum absolute atomic E-state index is 12.1. The highest BCUT2D eigenvalue weighted by atomic mass is 16.3. The molecule has 1 aliphatic rings. The summed E-state index contributed by atoms with van der Waals surface area (Å²) in [6.45, 7) is 3.90. The summed E-state index contributed by atoms with van der Waals surface area (Å²) in [5, 5.41) is 24.2. The Morgan fingerprint density at radius 3 is 2.50 bits per heavy atom. The second-order valence-electron chi connectivity index (χ2n) is 4.80. The number of rotatable bonds is 5. The molecule has 0 spiro atoms. The summed E-state index contributed by atoms with van der Waals surface area (Å²) in [6, 6.07) is 0. The van der Waals surface area contributed by atoms with Gasteiger partial charge in [0.05, 0.1) is 24.3 Å². The second-order valence-corrected chi connectivity index (χ2v) is 4.80. The van der Waals surface area contributed by atoms with Crippen LogP contribution in [0, 0.1) is 0 Å². The third-order valence-electron chi connectivity index (χ3n) is 3.40. The van der Waals surface area contributed by atoms with Crippen LogP contribution >= 0.6 is 0 Å². The van der Waals surface area contributed by atoms with Gasteiger partial charge < -0.3 is 20.8 Å². The third kappa shape index (κ3) is 2.53. The van der Waals surface area contributed by atoms with Crippen molar-refractivity contribution in [3.63, 3.8) is 0 Å². The molecular formula is C11H22N2O3. The van der Waals surface area contributed by atoms with Gasteiger partial charge in [0.25, 0.3) is 0 Å². The Morgan fingerprint density at radius 2 is 2.12 bits per heavy atom. The zero-order chi connectivity index (χ0) is 12.2. The summed E-state index contributed by atoms with van der Waals surface area (Å²) < 4.78 is 0. The minimum Gasteiger partial charge on any atom is -0.394 e. The van der Waals surface area contributed by atoms with Gasteiger partial charge in [0.15, 0.2) is 0 Å². The van der Waals surface area contributed by atoms with E-state index in [0.717, 1.165) is 19.4 Å². The molecule has 0 aromatic heterocycles. The van der Waals surface area contributed by atoms with Gasteiger partial charge in [-0.1, -0.05) is 6.92 Å². The fourth-order valence-corrected chi connectivity index (χ4v) is 1.99. The van der Waals surface area contributed by atoms with Crippen LogP contribution in [-0.2, 0) is 4.79 Å². The van der Waals surface area contributed by atoms with E-state index in [2.05, 4.69) is 10.6 Å². The molecule has 0 aromatic rings. The Labute approximate surface area is 96.2 Å². The van der Waals surface area contributed by atoms with Crippen molar-refractivity contribution in [3.05, 3.63) is 0 Å². The minimum atomic E-state index is -0.941. The quantitative estimate of drug-likeness (QED) is 0.507. The normalized spacial score (nSPS) is 25.8. The lowest BCUT2D eigenvalue weighted by Crippen LogP contribution is -2.61. The number of hydrogen-bond donors (Lipinski definition) is 4. The molecule has 0 saturated carbocycles. The summed E-state index contributed by atoms with van der Waals surface area (Å²) in [5.74, 6) is -0.127. The smallest absolute Gasteiger partial charge is 0.240 e. The van der Waals surface area contributed by atoms with Crippen LogP contribution in [0.25, 0.3) is 0 Å². The van der Waals surface area contributed by atoms with Crippen LogP contribution in [0.5, 0.6) is 0 Å². The van der Waals surface area contributed by atoms with Crippen LogP contribution in [0.3, 0.4) is 0 Å². The van der Waals surface area contributed by atoms with Crippen LogP contribution in [0.4, 0.5) is 0 Å². The highest BCUT2D eigenvalue weighted by Gasteiger charge is 2.41. The topological polar surface area (TPSA) is 81.6 Å². The van der Waals surface area contributed by atoms with Gasteiger partial charge in [0.2, 0.25) is 5.91 Å². The maximum atomic E-state index is 12.1. The minimum absolute atomic E-state index is 0.127. The molecule has 1 unspecified atom stereocenters. The van der Waals surface area contributed by atoms with Crippen molar-refractivity contribution < 1.29 is 15.0 Å². The predicted molar refractivity (Wildman–Crippen MR) is 61.0 cm³/mol. The molecule has 4 N–H and O–H groups in total. The van der Waals surface area contributed by atoms with Gasteiger partial charge in [-0.15, -0.1) is 0 Å². The number of carbonyl (C=O) groups is 1. The van der Waals surface area contributed by atoms with E-state index in [1.54, 1.807) is 6.92 Å². The molecule has 1 atom stereocenters. The van der Waals surface area contributed by atoms with Crippen LogP contribution in [0.15, 0.2) is 0 Å². The number of nitrogens with one attached hydrogen (secondary N) is 2. The highest BCUT2D eigenvalue weighted by Crippen LogP contribution is 2.23. The number of amides is 1. The van der Waals surface area contributed by atoms with Crippen molar-refractivity contribution in [2.24, 2.45) is 0 Å². The Bertz CT molecular complexity index is 246. The zero-order valence-electron chi connectivity index (χ0n) is 10.0. The van der Waals surface area contributed by atoms with Gasteiger partial charge in [0, 0.05) is 0 Å². The fraction of sp³-hybridized carbons (Fsp3) is 0.909. The SMILES string of the molecule is CCC1(C(=O)NC(C)(CO)CO)CCCN1. The van der Waals surface area contributed by atoms with Crippen LogP contribution in [0.2, 0.25) is 0 Å². The third-order valence-corrected chi connectivity index (χ3v) is 3.40. The molecule has 0 aromatic carbocycles. The van der Waals surface area contributed by atoms with E-state index in [9.17, 15) is 4.79 Å². The van der Waals surface area contributed by atoms with Gasteiger partial charge in [-0.05, 0) is 32.7 Å². The highest BCUT2D eigenvalue weighted by molar-refractivity contribution is 5.87. The first-order valence-corrected chi connectivity index (χ1v) is 5.81. The van der Waals surface area contributed by atoms with Gasteiger partial charge in [0.1, 0.15) is 0 Å². The van der Waals surface area contributed by atoms with E-state index in [1.165, 1.54) is 0 Å². The molecule has 0 bridgehead atoms. The molecular weight excluding hydrogens is 208 g/mol. The molecule has 1 aliphatic heterocycles. The van der Waals surface area contributed by atoms with Crippen molar-refractivity contribution in [1.82, 2.24) is 10.6 Å². The summed E-state index contributed by atoms with van der Waals surface area (Å²) in [4.78, 5) is 12.1. The van der Waals surface area contributed by atoms with Crippen molar-refractivity contribution in [3.8, 4) is 0 Å². The molecule has 5 nitrogen and oxygen atoms in total. The molecule has 94 valence electrons. The number of carbonyl (C=O) groups excluding carboxylic acids is 1. The lowest BCUT2D eigenvalue weighted by Gasteiger charge is -2.33. The van der Waals surface area contributed by atoms with Crippen molar-refractivity contribution in [2.75, 3.05) is 19.8 Å². The van der Waals surface area contributed by atoms with E-state index in [0.29, 0.717) is 6.42 Å². The molecule has 16 heavy (non-hydrogen) atoms. The van der Waals surface area contributed by atoms with E-state index in [4.69, 9.17) is 10.2 Å². The monoisotopic (exact) mass is 230 g/mol. The second kappa shape index (κ2) is 5.12. The van der Waals surface area contributed by atoms with Crippen molar-refractivity contribution in [1.29, 1.82) is 0 Å². The van der Waals surface area contributed by atoms with Gasteiger partial charge in [-0.2, -0.15) is 0 Å². The van der Waals surface area contributed by atoms with Crippen LogP contribution in [0.1, 0.15) is 33.1 Å². The van der Waals surface area contributed by atoms with E-state index in [-0.39, 0.29) is 19.1 Å². The van der Waals surface area contributed by atoms with Crippen LogP contribution in [-0.4, -0.2) is 47.0 Å². The zero-order valence-corrected chi connectivity index (χ0v) is 10.0. The van der Waals surface area contributed by atoms with Gasteiger partial charge in [-0.3, -0.25) is 4.79 Å². The average molecular weight is 230 g/mol. The first kappa shape index (κ1) is 13.4. The predicted octanol–water partition coefficient (Wildman–Crippen LogP) is -0.622. The van der Waals surface area contributed by atoms with E-state index >= 15 is 0 Å². The molecule has 5 heteroatoms. The Morgan fingerprint density at radius 1 is 1.50 bits per heavy atom. The fourth-order valence-electron chi connectivity index (χ4n) is 1.99. The first-order chi connectivity index (χ1) is 7.52. The lowest BCUT2D eigenvalue weighted by molar-refractivity contribution is -0.130. The van der Waals surface area contributed by atoms with Crippen molar-refractivity contribution >= 4 is 5.91 Å². The lowest BCUT2D eigenvalue weighted by atomic mass is 9.91. The molecule has 1 heterocycles. The largest absolute Gasteiger partial charge is 0.394 e. The summed E-state index contributed by atoms with van der Waals surface area (Å²) in [5.41, 5.74) is -1.46. The summed E-state index contributed by atoms with van der Waals surface area (Å²) in [7, 11) is 0. The van der Waals surface area contributed by atoms with E-state index < -0.39 is 11.1 Å². The molecule has 1 rings (SSSR count). The van der Waals surface area contributed by atoms with Gasteiger partial charge in [-0.25, -0.2) is 0 Å². The van der Waals surface area contributed by atoms with E-state index in [1.807, 2.05) is 6.92 Å². The first-order valence-electron chi connectivity index (χ1n) is 5.81. The molecule has 0 aliphatic carbocycles. The Balaban J connectivity index is 2.70. The molecule has 1 fully saturated rings. The average Bonchev–Trinajstić information content (AvgIpc) is 2.78. The number of aliphatic hydroxyl groups excluding tert-OH is 2. The van der Waals surface area contributed by atoms with Crippen molar-refractivity contribution in [2.45, 2.75) is 44.2 Å². The molecule has 0 radical (unpaired) electrons. The summed E-state index contributed by atoms with van der Waals surface area (Å²) in [6.07, 6.45) is 2.50. The summed E-state index contributed by atoms with van der Waals surface area (Å²) >= 11 is 0. The number of hydrogen-bond acceptors (Lipinski definition) is 4. The molecule has 1 saturated heterocycles. The Hall–Kier alpha value is -0.650. The Kier molecular flexibility index (Phi) is 4.29. The molecule has 1 amide bonds. The number of aliphatic hydroxyl groups is 2. The standard InChI is InChI=1S/C11H22N2O3/c1-3-11(5-4-6-12-11)9(16)13-10(2,7-14)8-15/h12,14-15H,3-8H2,1-2H3,(H,13,16). The maximum Gasteiger partial charge on any atom is 0.240 e.